The van der Waals surface area contributed by atoms with E-state index in [1.54, 1.807) is 0 Å². The molecule has 1 aromatic rings. The van der Waals surface area contributed by atoms with Gasteiger partial charge in [0.1, 0.15) is 0 Å². The van der Waals surface area contributed by atoms with Gasteiger partial charge in [-0.2, -0.15) is 5.10 Å². The van der Waals surface area contributed by atoms with E-state index in [1.165, 1.54) is 18.5 Å². The van der Waals surface area contributed by atoms with E-state index in [2.05, 4.69) is 43.5 Å². The highest BCUT2D eigenvalue weighted by Gasteiger charge is 2.36. The van der Waals surface area contributed by atoms with E-state index in [0.29, 0.717) is 17.4 Å². The van der Waals surface area contributed by atoms with Crippen molar-refractivity contribution in [2.45, 2.75) is 71.9 Å². The summed E-state index contributed by atoms with van der Waals surface area (Å²) in [6.07, 6.45) is 6.67. The number of aromatic nitrogens is 2. The number of aryl methyl sites for hydroxylation is 1. The van der Waals surface area contributed by atoms with Crippen molar-refractivity contribution in [1.29, 1.82) is 0 Å². The summed E-state index contributed by atoms with van der Waals surface area (Å²) in [5.74, 6) is 1.24. The van der Waals surface area contributed by atoms with Gasteiger partial charge in [-0.3, -0.25) is 4.68 Å². The van der Waals surface area contributed by atoms with Crippen LogP contribution in [0, 0.1) is 11.3 Å². The summed E-state index contributed by atoms with van der Waals surface area (Å²) in [5.41, 5.74) is 8.13. The molecule has 19 heavy (non-hydrogen) atoms. The number of hydrogen-bond acceptors (Lipinski definition) is 2. The topological polar surface area (TPSA) is 43.8 Å². The minimum atomic E-state index is 0.297. The predicted molar refractivity (Wildman–Crippen MR) is 80.0 cm³/mol. The van der Waals surface area contributed by atoms with Crippen molar-refractivity contribution in [3.8, 4) is 0 Å². The summed E-state index contributed by atoms with van der Waals surface area (Å²) >= 11 is 0. The maximum Gasteiger partial charge on any atom is 0.0492 e. The van der Waals surface area contributed by atoms with E-state index in [1.807, 2.05) is 6.20 Å². The molecule has 1 heterocycles. The Morgan fingerprint density at radius 1 is 1.37 bits per heavy atom. The molecule has 1 aliphatic rings. The first-order valence-corrected chi connectivity index (χ1v) is 7.70. The summed E-state index contributed by atoms with van der Waals surface area (Å²) in [5, 5.41) is 4.46. The lowest BCUT2D eigenvalue weighted by atomic mass is 9.67. The van der Waals surface area contributed by atoms with Gasteiger partial charge in [0.15, 0.2) is 0 Å². The second kappa shape index (κ2) is 5.66. The van der Waals surface area contributed by atoms with Gasteiger partial charge in [-0.1, -0.05) is 27.7 Å². The monoisotopic (exact) mass is 263 g/mol. The van der Waals surface area contributed by atoms with Gasteiger partial charge in [-0.25, -0.2) is 0 Å². The molecule has 0 aliphatic heterocycles. The highest BCUT2D eigenvalue weighted by atomic mass is 15.3. The summed E-state index contributed by atoms with van der Waals surface area (Å²) in [6.45, 7) is 10.3. The average Bonchev–Trinajstić information content (AvgIpc) is 2.77. The lowest BCUT2D eigenvalue weighted by Crippen LogP contribution is -2.39. The van der Waals surface area contributed by atoms with Crippen molar-refractivity contribution in [2.24, 2.45) is 17.1 Å². The number of nitrogens with two attached hydrogens (primary N) is 1. The molecule has 1 aromatic heterocycles. The van der Waals surface area contributed by atoms with Crippen LogP contribution in [0.4, 0.5) is 0 Å². The Labute approximate surface area is 117 Å². The van der Waals surface area contributed by atoms with E-state index in [-0.39, 0.29) is 0 Å². The zero-order chi connectivity index (χ0) is 14.0. The van der Waals surface area contributed by atoms with Crippen LogP contribution in [0.1, 0.15) is 65.0 Å². The summed E-state index contributed by atoms with van der Waals surface area (Å²) < 4.78 is 2.16. The van der Waals surface area contributed by atoms with E-state index >= 15 is 0 Å². The zero-order valence-electron chi connectivity index (χ0n) is 12.9. The number of rotatable bonds is 3. The predicted octanol–water partition coefficient (Wildman–Crippen LogP) is 3.55. The first kappa shape index (κ1) is 14.6. The smallest absolute Gasteiger partial charge is 0.0492 e. The Kier molecular flexibility index (Phi) is 4.34. The summed E-state index contributed by atoms with van der Waals surface area (Å²) in [6, 6.07) is 2.47. The van der Waals surface area contributed by atoms with Crippen LogP contribution in [-0.4, -0.2) is 15.8 Å². The van der Waals surface area contributed by atoms with Crippen LogP contribution in [0.2, 0.25) is 0 Å². The van der Waals surface area contributed by atoms with Crippen LogP contribution in [-0.2, 0) is 6.54 Å². The maximum absolute atomic E-state index is 6.40. The van der Waals surface area contributed by atoms with Gasteiger partial charge in [-0.05, 0) is 43.1 Å². The molecule has 0 saturated heterocycles. The molecule has 0 spiro atoms. The third-order valence-corrected chi connectivity index (χ3v) is 4.69. The lowest BCUT2D eigenvalue weighted by Gasteiger charge is -2.40. The molecule has 0 bridgehead atoms. The van der Waals surface area contributed by atoms with Crippen molar-refractivity contribution in [2.75, 3.05) is 0 Å². The van der Waals surface area contributed by atoms with E-state index < -0.39 is 0 Å². The van der Waals surface area contributed by atoms with Crippen LogP contribution in [0.5, 0.6) is 0 Å². The molecule has 0 radical (unpaired) electrons. The molecule has 3 unspecified atom stereocenters. The van der Waals surface area contributed by atoms with E-state index in [0.717, 1.165) is 25.3 Å². The molecule has 108 valence electrons. The maximum atomic E-state index is 6.40. The minimum Gasteiger partial charge on any atom is -0.327 e. The second-order valence-electron chi connectivity index (χ2n) is 7.13. The van der Waals surface area contributed by atoms with Crippen molar-refractivity contribution in [3.63, 3.8) is 0 Å². The average molecular weight is 263 g/mol. The first-order chi connectivity index (χ1) is 8.93. The van der Waals surface area contributed by atoms with Gasteiger partial charge in [0.2, 0.25) is 0 Å². The third-order valence-electron chi connectivity index (χ3n) is 4.69. The Hall–Kier alpha value is -0.830. The fraction of sp³-hybridized carbons (Fsp3) is 0.812. The van der Waals surface area contributed by atoms with Crippen molar-refractivity contribution >= 4 is 0 Å². The molecule has 1 aliphatic carbocycles. The molecule has 1 fully saturated rings. The minimum absolute atomic E-state index is 0.297. The van der Waals surface area contributed by atoms with Gasteiger partial charge >= 0.3 is 0 Å². The first-order valence-electron chi connectivity index (χ1n) is 7.70. The SMILES string of the molecule is CCCn1nccc1C1CC(C(C)(C)C)CCC1N. The van der Waals surface area contributed by atoms with Gasteiger partial charge < -0.3 is 5.73 Å². The zero-order valence-corrected chi connectivity index (χ0v) is 12.9. The Bertz CT molecular complexity index is 402. The molecule has 3 nitrogen and oxygen atoms in total. The molecule has 0 aromatic carbocycles. The largest absolute Gasteiger partial charge is 0.327 e. The Balaban J connectivity index is 2.19. The third kappa shape index (κ3) is 3.19. The normalized spacial score (nSPS) is 28.6. The summed E-state index contributed by atoms with van der Waals surface area (Å²) in [7, 11) is 0. The van der Waals surface area contributed by atoms with Gasteiger partial charge in [0, 0.05) is 30.4 Å². The Morgan fingerprint density at radius 3 is 2.74 bits per heavy atom. The molecule has 2 N–H and O–H groups in total. The van der Waals surface area contributed by atoms with Crippen LogP contribution < -0.4 is 5.73 Å². The summed E-state index contributed by atoms with van der Waals surface area (Å²) in [4.78, 5) is 0. The molecule has 3 heteroatoms. The van der Waals surface area contributed by atoms with Crippen LogP contribution in [0.15, 0.2) is 12.3 Å². The van der Waals surface area contributed by atoms with Crippen LogP contribution in [0.25, 0.3) is 0 Å². The molecule has 3 atom stereocenters. The quantitative estimate of drug-likeness (QED) is 0.906. The second-order valence-corrected chi connectivity index (χ2v) is 7.13. The van der Waals surface area contributed by atoms with Crippen molar-refractivity contribution < 1.29 is 0 Å². The van der Waals surface area contributed by atoms with Crippen LogP contribution in [0.3, 0.4) is 0 Å². The fourth-order valence-corrected chi connectivity index (χ4v) is 3.38. The number of nitrogens with zero attached hydrogens (tertiary/aromatic N) is 2. The standard InChI is InChI=1S/C16H29N3/c1-5-10-19-15(8-9-18-19)13-11-12(16(2,3)4)6-7-14(13)17/h8-9,12-14H,5-7,10-11,17H2,1-4H3. The van der Waals surface area contributed by atoms with E-state index in [4.69, 9.17) is 5.73 Å². The van der Waals surface area contributed by atoms with Crippen LogP contribution >= 0.6 is 0 Å². The molecular weight excluding hydrogens is 234 g/mol. The molecule has 1 saturated carbocycles. The molecular formula is C16H29N3. The molecule has 0 amide bonds. The van der Waals surface area contributed by atoms with Gasteiger partial charge in [-0.15, -0.1) is 0 Å². The fourth-order valence-electron chi connectivity index (χ4n) is 3.38. The van der Waals surface area contributed by atoms with E-state index in [9.17, 15) is 0 Å². The van der Waals surface area contributed by atoms with Crippen molar-refractivity contribution in [3.05, 3.63) is 18.0 Å². The Morgan fingerprint density at radius 2 is 2.11 bits per heavy atom. The number of hydrogen-bond donors (Lipinski definition) is 1. The van der Waals surface area contributed by atoms with Crippen molar-refractivity contribution in [1.82, 2.24) is 9.78 Å². The van der Waals surface area contributed by atoms with Gasteiger partial charge in [0.05, 0.1) is 0 Å². The van der Waals surface area contributed by atoms with Gasteiger partial charge in [0.25, 0.3) is 0 Å². The molecule has 2 rings (SSSR count). The highest BCUT2D eigenvalue weighted by Crippen LogP contribution is 2.43. The lowest BCUT2D eigenvalue weighted by molar-refractivity contribution is 0.151. The highest BCUT2D eigenvalue weighted by molar-refractivity contribution is 5.13.